The van der Waals surface area contributed by atoms with Crippen molar-refractivity contribution < 1.29 is 4.92 Å². The first-order valence-electron chi connectivity index (χ1n) is 6.23. The van der Waals surface area contributed by atoms with Crippen LogP contribution < -0.4 is 5.73 Å². The predicted molar refractivity (Wildman–Crippen MR) is 76.7 cm³/mol. The van der Waals surface area contributed by atoms with Gasteiger partial charge in [0.2, 0.25) is 5.95 Å². The standard InChI is InChI=1S/C13H12N6O2/c1-8-11-12(17-13(14)16-8)18(7-15-11)6-9-2-4-10(5-3-9)19(20)21/h2-5,7H,6H2,1H3,(H2,14,16,17). The predicted octanol–water partition coefficient (Wildman–Crippen LogP) is 1.67. The molecule has 1 aromatic carbocycles. The third-order valence-corrected chi connectivity index (χ3v) is 3.16. The van der Waals surface area contributed by atoms with Crippen molar-refractivity contribution in [3.8, 4) is 0 Å². The largest absolute Gasteiger partial charge is 0.368 e. The number of aryl methyl sites for hydroxylation is 1. The second-order valence-corrected chi connectivity index (χ2v) is 4.64. The Labute approximate surface area is 119 Å². The van der Waals surface area contributed by atoms with Crippen molar-refractivity contribution in [3.63, 3.8) is 0 Å². The fourth-order valence-electron chi connectivity index (χ4n) is 2.14. The third-order valence-electron chi connectivity index (χ3n) is 3.16. The number of rotatable bonds is 3. The summed E-state index contributed by atoms with van der Waals surface area (Å²) in [6.45, 7) is 2.33. The first-order valence-corrected chi connectivity index (χ1v) is 6.23. The first-order chi connectivity index (χ1) is 10.0. The number of imidazole rings is 1. The Hall–Kier alpha value is -3.03. The van der Waals surface area contributed by atoms with Crippen LogP contribution in [0.15, 0.2) is 30.6 Å². The summed E-state index contributed by atoms with van der Waals surface area (Å²) in [5, 5.41) is 10.6. The Morgan fingerprint density at radius 1 is 1.29 bits per heavy atom. The minimum Gasteiger partial charge on any atom is -0.368 e. The van der Waals surface area contributed by atoms with E-state index in [1.165, 1.54) is 12.1 Å². The lowest BCUT2D eigenvalue weighted by molar-refractivity contribution is -0.384. The molecule has 8 heteroatoms. The Kier molecular flexibility index (Phi) is 2.98. The number of hydrogen-bond donors (Lipinski definition) is 1. The van der Waals surface area contributed by atoms with Gasteiger partial charge in [0, 0.05) is 12.1 Å². The van der Waals surface area contributed by atoms with Crippen molar-refractivity contribution in [1.82, 2.24) is 19.5 Å². The summed E-state index contributed by atoms with van der Waals surface area (Å²) in [6, 6.07) is 6.37. The molecule has 0 bridgehead atoms. The van der Waals surface area contributed by atoms with Crippen LogP contribution in [0.2, 0.25) is 0 Å². The highest BCUT2D eigenvalue weighted by atomic mass is 16.6. The molecule has 0 radical (unpaired) electrons. The molecule has 2 aromatic heterocycles. The van der Waals surface area contributed by atoms with Crippen LogP contribution in [-0.4, -0.2) is 24.4 Å². The molecule has 0 amide bonds. The zero-order valence-corrected chi connectivity index (χ0v) is 11.2. The molecule has 0 fully saturated rings. The summed E-state index contributed by atoms with van der Waals surface area (Å²) in [6.07, 6.45) is 1.66. The Balaban J connectivity index is 1.96. The average molecular weight is 284 g/mol. The zero-order valence-electron chi connectivity index (χ0n) is 11.2. The zero-order chi connectivity index (χ0) is 15.0. The summed E-state index contributed by atoms with van der Waals surface area (Å²) in [5.41, 5.74) is 8.71. The van der Waals surface area contributed by atoms with Gasteiger partial charge in [0.25, 0.3) is 5.69 Å². The Morgan fingerprint density at radius 2 is 2.00 bits per heavy atom. The van der Waals surface area contributed by atoms with Crippen LogP contribution in [0, 0.1) is 17.0 Å². The van der Waals surface area contributed by atoms with E-state index in [1.807, 2.05) is 11.5 Å². The Morgan fingerprint density at radius 3 is 2.67 bits per heavy atom. The smallest absolute Gasteiger partial charge is 0.269 e. The highest BCUT2D eigenvalue weighted by Gasteiger charge is 2.10. The van der Waals surface area contributed by atoms with E-state index in [0.29, 0.717) is 17.7 Å². The normalized spacial score (nSPS) is 10.9. The van der Waals surface area contributed by atoms with Crippen LogP contribution in [0.5, 0.6) is 0 Å². The van der Waals surface area contributed by atoms with Crippen LogP contribution in [-0.2, 0) is 6.54 Å². The van der Waals surface area contributed by atoms with E-state index < -0.39 is 4.92 Å². The van der Waals surface area contributed by atoms with Crippen molar-refractivity contribution in [2.45, 2.75) is 13.5 Å². The van der Waals surface area contributed by atoms with Gasteiger partial charge in [0.15, 0.2) is 5.65 Å². The molecule has 0 saturated carbocycles. The Bertz CT molecular complexity index is 825. The number of non-ortho nitro benzene ring substituents is 1. The van der Waals surface area contributed by atoms with Gasteiger partial charge in [0.05, 0.1) is 23.5 Å². The fourth-order valence-corrected chi connectivity index (χ4v) is 2.14. The van der Waals surface area contributed by atoms with Gasteiger partial charge in [-0.15, -0.1) is 0 Å². The molecule has 21 heavy (non-hydrogen) atoms. The lowest BCUT2D eigenvalue weighted by Crippen LogP contribution is -2.03. The molecule has 0 atom stereocenters. The molecule has 0 saturated heterocycles. The van der Waals surface area contributed by atoms with Crippen molar-refractivity contribution in [1.29, 1.82) is 0 Å². The maximum atomic E-state index is 10.6. The van der Waals surface area contributed by atoms with Gasteiger partial charge in [-0.1, -0.05) is 12.1 Å². The van der Waals surface area contributed by atoms with E-state index in [1.54, 1.807) is 18.5 Å². The summed E-state index contributed by atoms with van der Waals surface area (Å²) in [7, 11) is 0. The van der Waals surface area contributed by atoms with Crippen molar-refractivity contribution in [2.24, 2.45) is 0 Å². The number of hydrogen-bond acceptors (Lipinski definition) is 6. The van der Waals surface area contributed by atoms with Crippen LogP contribution >= 0.6 is 0 Å². The van der Waals surface area contributed by atoms with Gasteiger partial charge in [-0.25, -0.2) is 9.97 Å². The van der Waals surface area contributed by atoms with Gasteiger partial charge in [-0.05, 0) is 12.5 Å². The molecule has 3 aromatic rings. The maximum absolute atomic E-state index is 10.6. The molecule has 106 valence electrons. The van der Waals surface area contributed by atoms with E-state index in [2.05, 4.69) is 15.0 Å². The average Bonchev–Trinajstić information content (AvgIpc) is 2.83. The molecule has 0 aliphatic rings. The van der Waals surface area contributed by atoms with Gasteiger partial charge >= 0.3 is 0 Å². The summed E-state index contributed by atoms with van der Waals surface area (Å²) in [4.78, 5) is 22.8. The van der Waals surface area contributed by atoms with E-state index in [9.17, 15) is 10.1 Å². The molecule has 2 heterocycles. The minimum absolute atomic E-state index is 0.0663. The second-order valence-electron chi connectivity index (χ2n) is 4.64. The quantitative estimate of drug-likeness (QED) is 0.578. The van der Waals surface area contributed by atoms with E-state index in [-0.39, 0.29) is 11.6 Å². The van der Waals surface area contributed by atoms with Gasteiger partial charge < -0.3 is 10.3 Å². The number of fused-ring (bicyclic) bond motifs is 1. The van der Waals surface area contributed by atoms with Crippen LogP contribution in [0.25, 0.3) is 11.2 Å². The van der Waals surface area contributed by atoms with Crippen LogP contribution in [0.1, 0.15) is 11.3 Å². The topological polar surface area (TPSA) is 113 Å². The van der Waals surface area contributed by atoms with Gasteiger partial charge in [0.1, 0.15) is 5.52 Å². The number of nitrogen functional groups attached to an aromatic ring is 1. The lowest BCUT2D eigenvalue weighted by atomic mass is 10.2. The summed E-state index contributed by atoms with van der Waals surface area (Å²) < 4.78 is 1.83. The number of nitrogens with zero attached hydrogens (tertiary/aromatic N) is 5. The minimum atomic E-state index is -0.423. The van der Waals surface area contributed by atoms with Gasteiger partial charge in [-0.3, -0.25) is 10.1 Å². The van der Waals surface area contributed by atoms with Crippen LogP contribution in [0.3, 0.4) is 0 Å². The number of nitro groups is 1. The second kappa shape index (κ2) is 4.82. The monoisotopic (exact) mass is 284 g/mol. The third kappa shape index (κ3) is 2.38. The number of anilines is 1. The molecule has 0 aliphatic carbocycles. The molecular weight excluding hydrogens is 272 g/mol. The molecule has 8 nitrogen and oxygen atoms in total. The molecule has 2 N–H and O–H groups in total. The van der Waals surface area contributed by atoms with E-state index in [0.717, 1.165) is 11.3 Å². The highest BCUT2D eigenvalue weighted by Crippen LogP contribution is 2.17. The summed E-state index contributed by atoms with van der Waals surface area (Å²) >= 11 is 0. The highest BCUT2D eigenvalue weighted by molar-refractivity contribution is 5.74. The molecule has 0 aliphatic heterocycles. The van der Waals surface area contributed by atoms with Crippen molar-refractivity contribution >= 4 is 22.8 Å². The lowest BCUT2D eigenvalue weighted by Gasteiger charge is -2.04. The number of aromatic nitrogens is 4. The van der Waals surface area contributed by atoms with Gasteiger partial charge in [-0.2, -0.15) is 4.98 Å². The molecular formula is C13H12N6O2. The maximum Gasteiger partial charge on any atom is 0.269 e. The first kappa shape index (κ1) is 13.0. The van der Waals surface area contributed by atoms with E-state index in [4.69, 9.17) is 5.73 Å². The van der Waals surface area contributed by atoms with E-state index >= 15 is 0 Å². The fraction of sp³-hybridized carbons (Fsp3) is 0.154. The molecule has 0 spiro atoms. The number of nitro benzene ring substituents is 1. The van der Waals surface area contributed by atoms with Crippen LogP contribution in [0.4, 0.5) is 11.6 Å². The number of nitrogens with two attached hydrogens (primary N) is 1. The SMILES string of the molecule is Cc1nc(N)nc2c1ncn2Cc1ccc([N+](=O)[O-])cc1. The van der Waals surface area contributed by atoms with Crippen molar-refractivity contribution in [2.75, 3.05) is 5.73 Å². The van der Waals surface area contributed by atoms with Crippen molar-refractivity contribution in [3.05, 3.63) is 52.0 Å². The molecule has 3 rings (SSSR count). The summed E-state index contributed by atoms with van der Waals surface area (Å²) in [5.74, 6) is 0.199. The molecule has 0 unspecified atom stereocenters. The number of benzene rings is 1.